The number of hydrogen-bond donors (Lipinski definition) is 1. The van der Waals surface area contributed by atoms with Crippen LogP contribution in [0.2, 0.25) is 0 Å². The maximum Gasteiger partial charge on any atom is 0.194 e. The maximum atomic E-state index is 5.68. The lowest BCUT2D eigenvalue weighted by molar-refractivity contribution is 0.113. The Labute approximate surface area is 143 Å². The first-order valence-electron chi connectivity index (χ1n) is 8.56. The van der Waals surface area contributed by atoms with Gasteiger partial charge in [0.25, 0.3) is 0 Å². The molecule has 0 aliphatic carbocycles. The van der Waals surface area contributed by atoms with E-state index in [0.717, 1.165) is 63.0 Å². The molecule has 1 N–H and O–H groups in total. The van der Waals surface area contributed by atoms with E-state index in [9.17, 15) is 0 Å². The Balaban J connectivity index is 1.68. The van der Waals surface area contributed by atoms with Crippen LogP contribution in [0.3, 0.4) is 0 Å². The van der Waals surface area contributed by atoms with Crippen molar-refractivity contribution in [3.8, 4) is 11.5 Å². The van der Waals surface area contributed by atoms with Crippen LogP contribution in [-0.2, 0) is 17.7 Å². The van der Waals surface area contributed by atoms with Gasteiger partial charge in [0.15, 0.2) is 17.5 Å². The molecule has 1 unspecified atom stereocenters. The summed E-state index contributed by atoms with van der Waals surface area (Å²) in [6, 6.07) is 4.17. The lowest BCUT2D eigenvalue weighted by atomic mass is 9.99. The second-order valence-electron chi connectivity index (χ2n) is 6.21. The molecule has 0 amide bonds. The molecule has 2 aliphatic rings. The predicted molar refractivity (Wildman–Crippen MR) is 94.0 cm³/mol. The molecule has 1 atom stereocenters. The lowest BCUT2D eigenvalue weighted by Gasteiger charge is -2.32. The van der Waals surface area contributed by atoms with Crippen LogP contribution in [0.4, 0.5) is 0 Å². The highest BCUT2D eigenvalue weighted by Gasteiger charge is 2.23. The number of hydrogen-bond acceptors (Lipinski definition) is 4. The Bertz CT molecular complexity index is 597. The van der Waals surface area contributed by atoms with Crippen LogP contribution in [0.25, 0.3) is 0 Å². The Kier molecular flexibility index (Phi) is 5.45. The Morgan fingerprint density at radius 2 is 2.04 bits per heavy atom. The summed E-state index contributed by atoms with van der Waals surface area (Å²) < 4.78 is 16.5. The van der Waals surface area contributed by atoms with Crippen LogP contribution < -0.4 is 14.8 Å². The fourth-order valence-corrected chi connectivity index (χ4v) is 3.41. The van der Waals surface area contributed by atoms with Gasteiger partial charge in [0.05, 0.1) is 20.3 Å². The quantitative estimate of drug-likeness (QED) is 0.673. The molecule has 2 heterocycles. The summed E-state index contributed by atoms with van der Waals surface area (Å²) in [5.74, 6) is 2.51. The van der Waals surface area contributed by atoms with Crippen molar-refractivity contribution >= 4 is 5.96 Å². The molecule has 3 rings (SSSR count). The van der Waals surface area contributed by atoms with Gasteiger partial charge < -0.3 is 24.4 Å². The molecule has 0 spiro atoms. The van der Waals surface area contributed by atoms with Crippen LogP contribution in [0.1, 0.15) is 24.0 Å². The molecule has 132 valence electrons. The number of fused-ring (bicyclic) bond motifs is 1. The van der Waals surface area contributed by atoms with Crippen molar-refractivity contribution in [2.75, 3.05) is 41.0 Å². The number of benzene rings is 1. The van der Waals surface area contributed by atoms with Crippen molar-refractivity contribution in [3.05, 3.63) is 23.3 Å². The molecule has 24 heavy (non-hydrogen) atoms. The lowest BCUT2D eigenvalue weighted by Crippen LogP contribution is -2.46. The summed E-state index contributed by atoms with van der Waals surface area (Å²) in [5.41, 5.74) is 2.58. The van der Waals surface area contributed by atoms with Gasteiger partial charge in [-0.3, -0.25) is 4.99 Å². The number of rotatable bonds is 4. The van der Waals surface area contributed by atoms with E-state index in [-0.39, 0.29) is 0 Å². The average Bonchev–Trinajstić information content (AvgIpc) is 3.14. The van der Waals surface area contributed by atoms with Crippen molar-refractivity contribution in [2.24, 2.45) is 4.99 Å². The molecule has 1 aromatic rings. The fraction of sp³-hybridized carbons (Fsp3) is 0.611. The van der Waals surface area contributed by atoms with Crippen LogP contribution >= 0.6 is 0 Å². The third-order valence-corrected chi connectivity index (χ3v) is 4.74. The summed E-state index contributed by atoms with van der Waals surface area (Å²) >= 11 is 0. The van der Waals surface area contributed by atoms with Crippen LogP contribution in [-0.4, -0.2) is 57.9 Å². The molecule has 0 aromatic heterocycles. The van der Waals surface area contributed by atoms with Crippen LogP contribution in [0.5, 0.6) is 11.5 Å². The van der Waals surface area contributed by atoms with Gasteiger partial charge in [-0.25, -0.2) is 0 Å². The number of guanidine groups is 1. The molecular formula is C18H27N3O3. The topological polar surface area (TPSA) is 55.3 Å². The molecule has 0 radical (unpaired) electrons. The SMILES string of the molecule is CN=C(NCC1CCCO1)N1CCc2cc(OC)c(OC)cc2C1. The van der Waals surface area contributed by atoms with Gasteiger partial charge in [-0.05, 0) is 42.5 Å². The number of ether oxygens (including phenoxy) is 3. The minimum atomic E-state index is 0.309. The fourth-order valence-electron chi connectivity index (χ4n) is 3.41. The van der Waals surface area contributed by atoms with Crippen molar-refractivity contribution in [1.29, 1.82) is 0 Å². The van der Waals surface area contributed by atoms with E-state index >= 15 is 0 Å². The molecule has 6 nitrogen and oxygen atoms in total. The highest BCUT2D eigenvalue weighted by atomic mass is 16.5. The average molecular weight is 333 g/mol. The zero-order chi connectivity index (χ0) is 16.9. The van der Waals surface area contributed by atoms with Gasteiger partial charge in [0.1, 0.15) is 0 Å². The summed E-state index contributed by atoms with van der Waals surface area (Å²) in [4.78, 5) is 6.72. The summed E-state index contributed by atoms with van der Waals surface area (Å²) in [7, 11) is 5.19. The van der Waals surface area contributed by atoms with Crippen molar-refractivity contribution in [2.45, 2.75) is 31.9 Å². The Hall–Kier alpha value is -1.95. The molecule has 6 heteroatoms. The minimum absolute atomic E-state index is 0.309. The molecule has 0 saturated carbocycles. The second-order valence-corrected chi connectivity index (χ2v) is 6.21. The van der Waals surface area contributed by atoms with E-state index in [1.165, 1.54) is 11.1 Å². The summed E-state index contributed by atoms with van der Waals surface area (Å²) in [6.45, 7) is 3.46. The molecule has 1 fully saturated rings. The second kappa shape index (κ2) is 7.75. The summed E-state index contributed by atoms with van der Waals surface area (Å²) in [5, 5.41) is 3.46. The molecule has 1 saturated heterocycles. The minimum Gasteiger partial charge on any atom is -0.493 e. The van der Waals surface area contributed by atoms with Crippen molar-refractivity contribution < 1.29 is 14.2 Å². The zero-order valence-corrected chi connectivity index (χ0v) is 14.8. The highest BCUT2D eigenvalue weighted by Crippen LogP contribution is 2.33. The monoisotopic (exact) mass is 333 g/mol. The van der Waals surface area contributed by atoms with Gasteiger partial charge in [0, 0.05) is 33.3 Å². The van der Waals surface area contributed by atoms with E-state index in [2.05, 4.69) is 27.3 Å². The standard InChI is InChI=1S/C18H27N3O3/c1-19-18(20-11-15-5-4-8-24-15)21-7-6-13-9-16(22-2)17(23-3)10-14(13)12-21/h9-10,15H,4-8,11-12H2,1-3H3,(H,19,20). The number of aliphatic imine (C=N–C) groups is 1. The molecule has 1 aromatic carbocycles. The zero-order valence-electron chi connectivity index (χ0n) is 14.8. The first-order valence-corrected chi connectivity index (χ1v) is 8.56. The third-order valence-electron chi connectivity index (χ3n) is 4.74. The van der Waals surface area contributed by atoms with E-state index in [0.29, 0.717) is 6.10 Å². The Morgan fingerprint density at radius 1 is 1.29 bits per heavy atom. The van der Waals surface area contributed by atoms with E-state index < -0.39 is 0 Å². The van der Waals surface area contributed by atoms with Gasteiger partial charge in [-0.15, -0.1) is 0 Å². The first-order chi connectivity index (χ1) is 11.7. The van der Waals surface area contributed by atoms with Gasteiger partial charge >= 0.3 is 0 Å². The number of nitrogens with zero attached hydrogens (tertiary/aromatic N) is 2. The van der Waals surface area contributed by atoms with Crippen molar-refractivity contribution in [3.63, 3.8) is 0 Å². The molecule has 2 aliphatic heterocycles. The smallest absolute Gasteiger partial charge is 0.194 e. The first kappa shape index (κ1) is 16.9. The van der Waals surface area contributed by atoms with Gasteiger partial charge in [-0.2, -0.15) is 0 Å². The molecular weight excluding hydrogens is 306 g/mol. The normalized spacial score (nSPS) is 20.7. The molecule has 0 bridgehead atoms. The number of methoxy groups -OCH3 is 2. The van der Waals surface area contributed by atoms with E-state index in [4.69, 9.17) is 14.2 Å². The number of nitrogens with one attached hydrogen (secondary N) is 1. The summed E-state index contributed by atoms with van der Waals surface area (Å²) in [6.07, 6.45) is 3.56. The van der Waals surface area contributed by atoms with Crippen molar-refractivity contribution in [1.82, 2.24) is 10.2 Å². The third kappa shape index (κ3) is 3.59. The van der Waals surface area contributed by atoms with Gasteiger partial charge in [-0.1, -0.05) is 0 Å². The Morgan fingerprint density at radius 3 is 2.67 bits per heavy atom. The van der Waals surface area contributed by atoms with E-state index in [1.54, 1.807) is 14.2 Å². The van der Waals surface area contributed by atoms with Gasteiger partial charge in [0.2, 0.25) is 0 Å². The highest BCUT2D eigenvalue weighted by molar-refractivity contribution is 5.80. The van der Waals surface area contributed by atoms with E-state index in [1.807, 2.05) is 7.05 Å². The predicted octanol–water partition coefficient (Wildman–Crippen LogP) is 1.82. The van der Waals surface area contributed by atoms with Crippen LogP contribution in [0, 0.1) is 0 Å². The maximum absolute atomic E-state index is 5.68. The van der Waals surface area contributed by atoms with Crippen LogP contribution in [0.15, 0.2) is 17.1 Å². The largest absolute Gasteiger partial charge is 0.493 e.